The van der Waals surface area contributed by atoms with Crippen molar-refractivity contribution in [3.05, 3.63) is 97.1 Å². The van der Waals surface area contributed by atoms with Crippen LogP contribution in [0.4, 0.5) is 11.4 Å². The minimum absolute atomic E-state index is 0.752. The third kappa shape index (κ3) is 3.05. The lowest BCUT2D eigenvalue weighted by atomic mass is 9.87. The Morgan fingerprint density at radius 2 is 0.885 bits per heavy atom. The molecule has 4 rings (SSSR count). The van der Waals surface area contributed by atoms with E-state index in [1.54, 1.807) is 0 Å². The van der Waals surface area contributed by atoms with Crippen molar-refractivity contribution in [2.45, 2.75) is 0 Å². The molecule has 0 unspecified atom stereocenters. The number of benzene rings is 4. The van der Waals surface area contributed by atoms with Crippen molar-refractivity contribution >= 4 is 11.4 Å². The Bertz CT molecular complexity index is 960. The molecule has 0 aliphatic heterocycles. The zero-order valence-corrected chi connectivity index (χ0v) is 14.4. The van der Waals surface area contributed by atoms with Gasteiger partial charge in [0.15, 0.2) is 0 Å². The number of hydrogen-bond acceptors (Lipinski definition) is 2. The molecule has 2 nitrogen and oxygen atoms in total. The van der Waals surface area contributed by atoms with Crippen molar-refractivity contribution in [3.63, 3.8) is 0 Å². The molecule has 0 aromatic heterocycles. The lowest BCUT2D eigenvalue weighted by Crippen LogP contribution is -1.95. The van der Waals surface area contributed by atoms with Crippen molar-refractivity contribution in [1.29, 1.82) is 0 Å². The van der Waals surface area contributed by atoms with E-state index in [1.165, 1.54) is 0 Å². The minimum Gasteiger partial charge on any atom is -0.399 e. The summed E-state index contributed by atoms with van der Waals surface area (Å²) in [6.07, 6.45) is 0. The first-order valence-corrected chi connectivity index (χ1v) is 8.62. The summed E-state index contributed by atoms with van der Waals surface area (Å²) < 4.78 is 0. The molecule has 126 valence electrons. The monoisotopic (exact) mass is 336 g/mol. The van der Waals surface area contributed by atoms with Crippen LogP contribution in [0.1, 0.15) is 0 Å². The van der Waals surface area contributed by atoms with E-state index in [0.717, 1.165) is 44.8 Å². The van der Waals surface area contributed by atoms with Gasteiger partial charge in [0.05, 0.1) is 0 Å². The average molecular weight is 336 g/mol. The van der Waals surface area contributed by atoms with Crippen molar-refractivity contribution in [1.82, 2.24) is 0 Å². The predicted molar refractivity (Wildman–Crippen MR) is 112 cm³/mol. The van der Waals surface area contributed by atoms with E-state index in [0.29, 0.717) is 0 Å². The molecule has 4 aromatic carbocycles. The number of nitrogens with two attached hydrogens (primary N) is 2. The molecule has 0 fully saturated rings. The number of anilines is 2. The maximum Gasteiger partial charge on any atom is 0.0326 e. The van der Waals surface area contributed by atoms with E-state index in [1.807, 2.05) is 60.7 Å². The first-order valence-electron chi connectivity index (χ1n) is 8.62. The number of rotatable bonds is 3. The van der Waals surface area contributed by atoms with Gasteiger partial charge in [0.25, 0.3) is 0 Å². The summed E-state index contributed by atoms with van der Waals surface area (Å²) in [5.74, 6) is 0. The molecule has 0 heterocycles. The maximum absolute atomic E-state index is 6.29. The first kappa shape index (κ1) is 16.0. The lowest BCUT2D eigenvalue weighted by molar-refractivity contribution is 1.55. The quantitative estimate of drug-likeness (QED) is 0.461. The summed E-state index contributed by atoms with van der Waals surface area (Å²) >= 11 is 0. The van der Waals surface area contributed by atoms with Crippen LogP contribution in [0.25, 0.3) is 33.4 Å². The van der Waals surface area contributed by atoms with E-state index in [2.05, 4.69) is 36.4 Å². The largest absolute Gasteiger partial charge is 0.399 e. The van der Waals surface area contributed by atoms with Gasteiger partial charge in [0.2, 0.25) is 0 Å². The van der Waals surface area contributed by atoms with Gasteiger partial charge in [-0.15, -0.1) is 0 Å². The third-order valence-electron chi connectivity index (χ3n) is 4.53. The van der Waals surface area contributed by atoms with Gasteiger partial charge in [-0.05, 0) is 57.6 Å². The zero-order chi connectivity index (χ0) is 17.9. The smallest absolute Gasteiger partial charge is 0.0326 e. The first-order chi connectivity index (χ1) is 12.7. The van der Waals surface area contributed by atoms with Crippen LogP contribution in [0, 0.1) is 0 Å². The van der Waals surface area contributed by atoms with E-state index < -0.39 is 0 Å². The predicted octanol–water partition coefficient (Wildman–Crippen LogP) is 5.85. The molecule has 26 heavy (non-hydrogen) atoms. The van der Waals surface area contributed by atoms with Crippen LogP contribution >= 0.6 is 0 Å². The van der Waals surface area contributed by atoms with Gasteiger partial charge in [-0.1, -0.05) is 72.8 Å². The molecule has 0 atom stereocenters. The highest BCUT2D eigenvalue weighted by molar-refractivity contribution is 5.96. The van der Waals surface area contributed by atoms with Crippen LogP contribution in [0.5, 0.6) is 0 Å². The Morgan fingerprint density at radius 1 is 0.423 bits per heavy atom. The van der Waals surface area contributed by atoms with Crippen LogP contribution < -0.4 is 11.5 Å². The molecule has 0 saturated heterocycles. The fraction of sp³-hybridized carbons (Fsp3) is 0. The maximum atomic E-state index is 6.29. The van der Waals surface area contributed by atoms with Gasteiger partial charge >= 0.3 is 0 Å². The summed E-state index contributed by atoms with van der Waals surface area (Å²) in [5, 5.41) is 0. The second-order valence-electron chi connectivity index (χ2n) is 6.35. The Kier molecular flexibility index (Phi) is 4.16. The second kappa shape index (κ2) is 6.77. The Hall–Kier alpha value is -3.52. The van der Waals surface area contributed by atoms with Gasteiger partial charge in [-0.25, -0.2) is 0 Å². The van der Waals surface area contributed by atoms with Crippen molar-refractivity contribution < 1.29 is 0 Å². The summed E-state index contributed by atoms with van der Waals surface area (Å²) in [6.45, 7) is 0. The highest BCUT2D eigenvalue weighted by Crippen LogP contribution is 2.41. The number of hydrogen-bond donors (Lipinski definition) is 2. The van der Waals surface area contributed by atoms with E-state index in [-0.39, 0.29) is 0 Å². The SMILES string of the molecule is Nc1ccc(-c2c(-c3ccccc3)cc(N)cc2-c2ccccc2)cc1. The molecule has 4 N–H and O–H groups in total. The van der Waals surface area contributed by atoms with Crippen LogP contribution in [-0.2, 0) is 0 Å². The molecular formula is C24H20N2. The van der Waals surface area contributed by atoms with Crippen LogP contribution in [0.2, 0.25) is 0 Å². The van der Waals surface area contributed by atoms with Gasteiger partial charge in [0, 0.05) is 11.4 Å². The second-order valence-corrected chi connectivity index (χ2v) is 6.35. The molecular weight excluding hydrogens is 316 g/mol. The summed E-state index contributed by atoms with van der Waals surface area (Å²) in [5.41, 5.74) is 20.5. The molecule has 4 aromatic rings. The fourth-order valence-corrected chi connectivity index (χ4v) is 3.32. The van der Waals surface area contributed by atoms with Gasteiger partial charge < -0.3 is 11.5 Å². The standard InChI is InChI=1S/C24H20N2/c25-20-13-11-19(12-14-20)24-22(17-7-3-1-4-8-17)15-21(26)16-23(24)18-9-5-2-6-10-18/h1-16H,25-26H2. The molecule has 0 aliphatic carbocycles. The number of nitrogen functional groups attached to an aromatic ring is 2. The summed E-state index contributed by atoms with van der Waals surface area (Å²) in [6, 6.07) is 32.8. The van der Waals surface area contributed by atoms with Crippen LogP contribution in [-0.4, -0.2) is 0 Å². The lowest BCUT2D eigenvalue weighted by Gasteiger charge is -2.17. The van der Waals surface area contributed by atoms with Gasteiger partial charge in [-0.2, -0.15) is 0 Å². The van der Waals surface area contributed by atoms with Crippen LogP contribution in [0.15, 0.2) is 97.1 Å². The third-order valence-corrected chi connectivity index (χ3v) is 4.53. The van der Waals surface area contributed by atoms with E-state index in [9.17, 15) is 0 Å². The molecule has 0 saturated carbocycles. The van der Waals surface area contributed by atoms with Crippen molar-refractivity contribution in [2.75, 3.05) is 11.5 Å². The average Bonchev–Trinajstić information content (AvgIpc) is 2.69. The van der Waals surface area contributed by atoms with Gasteiger partial charge in [-0.3, -0.25) is 0 Å². The van der Waals surface area contributed by atoms with Crippen molar-refractivity contribution in [2.24, 2.45) is 0 Å². The van der Waals surface area contributed by atoms with Crippen molar-refractivity contribution in [3.8, 4) is 33.4 Å². The highest BCUT2D eigenvalue weighted by atomic mass is 14.5. The van der Waals surface area contributed by atoms with E-state index >= 15 is 0 Å². The van der Waals surface area contributed by atoms with Crippen LogP contribution in [0.3, 0.4) is 0 Å². The minimum atomic E-state index is 0.752. The molecule has 0 amide bonds. The summed E-state index contributed by atoms with van der Waals surface area (Å²) in [7, 11) is 0. The highest BCUT2D eigenvalue weighted by Gasteiger charge is 2.15. The normalized spacial score (nSPS) is 10.6. The molecule has 0 aliphatic rings. The Balaban J connectivity index is 2.06. The molecule has 0 radical (unpaired) electrons. The fourth-order valence-electron chi connectivity index (χ4n) is 3.32. The topological polar surface area (TPSA) is 52.0 Å². The Labute approximate surface area is 153 Å². The summed E-state index contributed by atoms with van der Waals surface area (Å²) in [4.78, 5) is 0. The molecule has 0 bridgehead atoms. The molecule has 2 heteroatoms. The Morgan fingerprint density at radius 3 is 1.35 bits per heavy atom. The van der Waals surface area contributed by atoms with E-state index in [4.69, 9.17) is 11.5 Å². The molecule has 0 spiro atoms. The van der Waals surface area contributed by atoms with Gasteiger partial charge in [0.1, 0.15) is 0 Å². The zero-order valence-electron chi connectivity index (χ0n) is 14.4.